The molecule has 1 unspecified atom stereocenters. The molecule has 0 saturated heterocycles. The minimum atomic E-state index is -1.01. The fourth-order valence-corrected chi connectivity index (χ4v) is 1.97. The van der Waals surface area contributed by atoms with Crippen molar-refractivity contribution in [3.8, 4) is 11.8 Å². The average molecular weight is 338 g/mol. The number of hydrogen-bond donors (Lipinski definition) is 5. The van der Waals surface area contributed by atoms with Crippen LogP contribution in [0.4, 0.5) is 5.69 Å². The van der Waals surface area contributed by atoms with Gasteiger partial charge in [-0.1, -0.05) is 11.8 Å². The molecule has 0 fully saturated rings. The fraction of sp³-hybridized carbons (Fsp3) is 0.111. The Balaban J connectivity index is 2.05. The van der Waals surface area contributed by atoms with Crippen molar-refractivity contribution in [3.63, 3.8) is 0 Å². The Morgan fingerprint density at radius 2 is 1.52 bits per heavy atom. The number of hydrogen-bond acceptors (Lipinski definition) is 5. The maximum atomic E-state index is 12.1. The van der Waals surface area contributed by atoms with Crippen LogP contribution in [0.2, 0.25) is 0 Å². The van der Waals surface area contributed by atoms with Gasteiger partial charge in [-0.15, -0.1) is 0 Å². The quantitative estimate of drug-likeness (QED) is 0.236. The topological polar surface area (TPSA) is 130 Å². The second-order valence-electron chi connectivity index (χ2n) is 5.19. The van der Waals surface area contributed by atoms with Crippen molar-refractivity contribution in [2.75, 3.05) is 12.3 Å². The molecule has 0 aliphatic heterocycles. The molecule has 2 aromatic rings. The van der Waals surface area contributed by atoms with Crippen LogP contribution in [0.5, 0.6) is 0 Å². The van der Waals surface area contributed by atoms with Crippen molar-refractivity contribution in [2.45, 2.75) is 6.04 Å². The van der Waals surface area contributed by atoms with Crippen LogP contribution in [0, 0.1) is 11.8 Å². The molecule has 0 heterocycles. The molecule has 2 aromatic carbocycles. The van der Waals surface area contributed by atoms with Gasteiger partial charge in [0.1, 0.15) is 6.04 Å². The SMILES string of the molecule is NCC(NC(=O)c1ccc(C#Cc2ccc(N)cc2)cc1)C(=O)NO. The van der Waals surface area contributed by atoms with Gasteiger partial charge in [0.05, 0.1) is 0 Å². The Kier molecular flexibility index (Phi) is 6.12. The van der Waals surface area contributed by atoms with Crippen LogP contribution in [0.3, 0.4) is 0 Å². The number of nitrogens with one attached hydrogen (secondary N) is 2. The highest BCUT2D eigenvalue weighted by atomic mass is 16.5. The second kappa shape index (κ2) is 8.49. The van der Waals surface area contributed by atoms with Gasteiger partial charge in [-0.2, -0.15) is 0 Å². The zero-order chi connectivity index (χ0) is 18.2. The lowest BCUT2D eigenvalue weighted by atomic mass is 10.1. The lowest BCUT2D eigenvalue weighted by molar-refractivity contribution is -0.130. The van der Waals surface area contributed by atoms with Crippen molar-refractivity contribution in [1.82, 2.24) is 10.8 Å². The number of anilines is 1. The van der Waals surface area contributed by atoms with Crippen LogP contribution in [-0.4, -0.2) is 29.6 Å². The summed E-state index contributed by atoms with van der Waals surface area (Å²) in [7, 11) is 0. The highest BCUT2D eigenvalue weighted by molar-refractivity contribution is 5.97. The number of carbonyl (C=O) groups is 2. The van der Waals surface area contributed by atoms with E-state index in [0.29, 0.717) is 11.3 Å². The van der Waals surface area contributed by atoms with E-state index in [1.165, 1.54) is 5.48 Å². The molecule has 0 bridgehead atoms. The molecule has 25 heavy (non-hydrogen) atoms. The number of nitrogens with two attached hydrogens (primary N) is 2. The van der Waals surface area contributed by atoms with Gasteiger partial charge < -0.3 is 16.8 Å². The van der Waals surface area contributed by atoms with E-state index in [1.54, 1.807) is 36.4 Å². The van der Waals surface area contributed by atoms with E-state index in [0.717, 1.165) is 11.1 Å². The van der Waals surface area contributed by atoms with E-state index in [4.69, 9.17) is 16.7 Å². The largest absolute Gasteiger partial charge is 0.399 e. The first-order valence-corrected chi connectivity index (χ1v) is 7.46. The lowest BCUT2D eigenvalue weighted by Gasteiger charge is -2.14. The minimum Gasteiger partial charge on any atom is -0.399 e. The minimum absolute atomic E-state index is 0.136. The maximum Gasteiger partial charge on any atom is 0.267 e. The summed E-state index contributed by atoms with van der Waals surface area (Å²) in [5, 5.41) is 11.0. The average Bonchev–Trinajstić information content (AvgIpc) is 2.65. The standard InChI is InChI=1S/C18H18N4O3/c19-11-16(18(24)22-25)21-17(23)14-7-3-12(4-8-14)1-2-13-5-9-15(20)10-6-13/h3-10,16,25H,11,19-20H2,(H,21,23)(H,22,24). The van der Waals surface area contributed by atoms with Crippen molar-refractivity contribution >= 4 is 17.5 Å². The lowest BCUT2D eigenvalue weighted by Crippen LogP contribution is -2.50. The number of carbonyl (C=O) groups excluding carboxylic acids is 2. The van der Waals surface area contributed by atoms with Crippen molar-refractivity contribution < 1.29 is 14.8 Å². The van der Waals surface area contributed by atoms with E-state index < -0.39 is 17.9 Å². The molecular formula is C18H18N4O3. The molecule has 0 aliphatic rings. The summed E-state index contributed by atoms with van der Waals surface area (Å²) in [6, 6.07) is 12.8. The summed E-state index contributed by atoms with van der Waals surface area (Å²) in [6.07, 6.45) is 0. The van der Waals surface area contributed by atoms with Gasteiger partial charge in [-0.25, -0.2) is 5.48 Å². The summed E-state index contributed by atoms with van der Waals surface area (Å²) in [4.78, 5) is 23.4. The molecule has 2 amide bonds. The van der Waals surface area contributed by atoms with E-state index in [-0.39, 0.29) is 6.54 Å². The Hall–Kier alpha value is -3.34. The second-order valence-corrected chi connectivity index (χ2v) is 5.19. The normalized spacial score (nSPS) is 11.0. The van der Waals surface area contributed by atoms with E-state index in [1.807, 2.05) is 12.1 Å². The number of benzene rings is 2. The first-order valence-electron chi connectivity index (χ1n) is 7.46. The van der Waals surface area contributed by atoms with E-state index in [2.05, 4.69) is 17.2 Å². The van der Waals surface area contributed by atoms with Gasteiger partial charge >= 0.3 is 0 Å². The molecule has 7 N–H and O–H groups in total. The number of rotatable bonds is 4. The van der Waals surface area contributed by atoms with Crippen molar-refractivity contribution in [1.29, 1.82) is 0 Å². The molecule has 0 spiro atoms. The van der Waals surface area contributed by atoms with Crippen LogP contribution in [0.15, 0.2) is 48.5 Å². The van der Waals surface area contributed by atoms with Gasteiger partial charge in [-0.05, 0) is 48.5 Å². The maximum absolute atomic E-state index is 12.1. The smallest absolute Gasteiger partial charge is 0.267 e. The third kappa shape index (κ3) is 5.07. The predicted octanol–water partition coefficient (Wildman–Crippen LogP) is 0.231. The zero-order valence-corrected chi connectivity index (χ0v) is 13.3. The van der Waals surface area contributed by atoms with Crippen molar-refractivity contribution in [3.05, 3.63) is 65.2 Å². The first-order chi connectivity index (χ1) is 12.0. The molecule has 0 aliphatic carbocycles. The Morgan fingerprint density at radius 1 is 1.00 bits per heavy atom. The summed E-state index contributed by atoms with van der Waals surface area (Å²) in [6.45, 7) is -0.136. The van der Waals surface area contributed by atoms with Crippen LogP contribution < -0.4 is 22.3 Å². The van der Waals surface area contributed by atoms with Gasteiger partial charge in [0, 0.05) is 28.9 Å². The molecule has 0 aromatic heterocycles. The van der Waals surface area contributed by atoms with Gasteiger partial charge in [0.25, 0.3) is 11.8 Å². The summed E-state index contributed by atoms with van der Waals surface area (Å²) in [5.74, 6) is 4.73. The van der Waals surface area contributed by atoms with Crippen LogP contribution >= 0.6 is 0 Å². The van der Waals surface area contributed by atoms with E-state index >= 15 is 0 Å². The molecule has 7 nitrogen and oxygen atoms in total. The number of nitrogen functional groups attached to an aromatic ring is 1. The predicted molar refractivity (Wildman–Crippen MR) is 93.5 cm³/mol. The highest BCUT2D eigenvalue weighted by Crippen LogP contribution is 2.06. The van der Waals surface area contributed by atoms with Crippen molar-refractivity contribution in [2.24, 2.45) is 5.73 Å². The summed E-state index contributed by atoms with van der Waals surface area (Å²) >= 11 is 0. The molecule has 7 heteroatoms. The molecule has 128 valence electrons. The zero-order valence-electron chi connectivity index (χ0n) is 13.3. The molecule has 0 saturated carbocycles. The molecule has 0 radical (unpaired) electrons. The fourth-order valence-electron chi connectivity index (χ4n) is 1.97. The monoisotopic (exact) mass is 338 g/mol. The van der Waals surface area contributed by atoms with Crippen LogP contribution in [0.25, 0.3) is 0 Å². The Bertz CT molecular complexity index is 805. The van der Waals surface area contributed by atoms with Crippen LogP contribution in [0.1, 0.15) is 21.5 Å². The van der Waals surface area contributed by atoms with Gasteiger partial charge in [0.15, 0.2) is 0 Å². The Labute approximate surface area is 145 Å². The number of hydroxylamine groups is 1. The number of amides is 2. The summed E-state index contributed by atoms with van der Waals surface area (Å²) in [5.41, 5.74) is 15.1. The third-order valence-electron chi connectivity index (χ3n) is 3.38. The molecule has 2 rings (SSSR count). The van der Waals surface area contributed by atoms with Crippen LogP contribution in [-0.2, 0) is 4.79 Å². The van der Waals surface area contributed by atoms with E-state index in [9.17, 15) is 9.59 Å². The van der Waals surface area contributed by atoms with Gasteiger partial charge in [0.2, 0.25) is 0 Å². The summed E-state index contributed by atoms with van der Waals surface area (Å²) < 4.78 is 0. The highest BCUT2D eigenvalue weighted by Gasteiger charge is 2.19. The molecule has 1 atom stereocenters. The molecular weight excluding hydrogens is 320 g/mol. The van der Waals surface area contributed by atoms with Gasteiger partial charge in [-0.3, -0.25) is 14.8 Å². The first kappa shape index (κ1) is 18.0. The third-order valence-corrected chi connectivity index (χ3v) is 3.38. The Morgan fingerprint density at radius 3 is 2.00 bits per heavy atom.